The Morgan fingerprint density at radius 2 is 1.82 bits per heavy atom. The normalized spacial score (nSPS) is 31.3. The number of nitrogens with one attached hydrogen (secondary N) is 2. The molecule has 1 aromatic rings. The number of likely N-dealkylation sites (tertiary alicyclic amines) is 1. The topological polar surface area (TPSA) is 209 Å². The van der Waals surface area contributed by atoms with Crippen LogP contribution in [-0.4, -0.2) is 161 Å². The van der Waals surface area contributed by atoms with Crippen LogP contribution in [-0.2, 0) is 49.3 Å². The zero-order valence-electron chi connectivity index (χ0n) is 40.7. The first-order valence-electron chi connectivity index (χ1n) is 23.4. The third kappa shape index (κ3) is 14.1. The van der Waals surface area contributed by atoms with Crippen LogP contribution in [0, 0.1) is 11.8 Å². The molecule has 71 heavy (non-hydrogen) atoms. The fraction of sp³-hybridized carbons (Fsp3) is 0.660. The van der Waals surface area contributed by atoms with E-state index in [0.717, 1.165) is 29.3 Å². The zero-order valence-corrected chi connectivity index (χ0v) is 44.5. The number of benzene rings is 1. The number of allylic oxidation sites excluding steroid dienone is 3. The van der Waals surface area contributed by atoms with Gasteiger partial charge in [0.1, 0.15) is 40.7 Å². The summed E-state index contributed by atoms with van der Waals surface area (Å²) in [5.41, 5.74) is 1.27. The van der Waals surface area contributed by atoms with E-state index in [1.807, 2.05) is 29.8 Å². The average molecular weight is 1160 g/mol. The van der Waals surface area contributed by atoms with Crippen molar-refractivity contribution in [3.05, 3.63) is 46.5 Å². The van der Waals surface area contributed by atoms with Gasteiger partial charge in [0.15, 0.2) is 5.72 Å². The molecular formula is C47H63ClF3IN6O12S. The Balaban J connectivity index is 1.14. The second-order valence-corrected chi connectivity index (χ2v) is 22.3. The van der Waals surface area contributed by atoms with Crippen molar-refractivity contribution >= 4 is 87.6 Å². The van der Waals surface area contributed by atoms with E-state index >= 15 is 0 Å². The lowest BCUT2D eigenvalue weighted by Crippen LogP contribution is -2.62. The van der Waals surface area contributed by atoms with Crippen LogP contribution < -0.4 is 20.4 Å². The molecule has 4 bridgehead atoms. The molecule has 4 heterocycles. The van der Waals surface area contributed by atoms with Crippen molar-refractivity contribution in [1.82, 2.24) is 23.8 Å². The number of carbonyl (C=O) groups is 6. The molecule has 18 nitrogen and oxygen atoms in total. The summed E-state index contributed by atoms with van der Waals surface area (Å²) < 4.78 is 74.4. The van der Waals surface area contributed by atoms with Crippen molar-refractivity contribution < 1.29 is 70.7 Å². The minimum atomic E-state index is -4.82. The number of methoxy groups -OCH3 is 2. The number of epoxide rings is 1. The van der Waals surface area contributed by atoms with E-state index < -0.39 is 102 Å². The summed E-state index contributed by atoms with van der Waals surface area (Å²) in [5, 5.41) is 13.4. The van der Waals surface area contributed by atoms with E-state index in [-0.39, 0.29) is 65.8 Å². The van der Waals surface area contributed by atoms with Gasteiger partial charge in [0.05, 0.1) is 37.1 Å². The van der Waals surface area contributed by atoms with Gasteiger partial charge < -0.3 is 33.7 Å². The summed E-state index contributed by atoms with van der Waals surface area (Å²) in [6, 6.07) is 1.27. The van der Waals surface area contributed by atoms with E-state index in [1.54, 1.807) is 47.6 Å². The molecule has 5 aliphatic rings. The number of halogens is 5. The van der Waals surface area contributed by atoms with Gasteiger partial charge in [-0.3, -0.25) is 44.5 Å². The van der Waals surface area contributed by atoms with Gasteiger partial charge in [-0.1, -0.05) is 35.4 Å². The number of rotatable bonds is 14. The fourth-order valence-corrected chi connectivity index (χ4v) is 11.5. The number of hydrogen-bond donors (Lipinski definition) is 3. The van der Waals surface area contributed by atoms with Gasteiger partial charge >= 0.3 is 18.2 Å². The third-order valence-electron chi connectivity index (χ3n) is 13.9. The molecule has 2 unspecified atom stereocenters. The molecule has 5 amide bonds. The first-order chi connectivity index (χ1) is 33.3. The third-order valence-corrected chi connectivity index (χ3v) is 15.8. The summed E-state index contributed by atoms with van der Waals surface area (Å²) in [7, 11) is 7.10. The molecule has 4 fully saturated rings. The lowest BCUT2D eigenvalue weighted by molar-refractivity contribution is -0.185. The number of alkyl halides is 3. The Labute approximate surface area is 434 Å². The molecule has 0 radical (unpaired) electrons. The second-order valence-electron chi connectivity index (χ2n) is 19.1. The smallest absolute Gasteiger partial charge is 0.409 e. The molecule has 6 rings (SSSR count). The average Bonchev–Trinajstić information content (AvgIpc) is 3.86. The number of hydrazine groups is 1. The maximum atomic E-state index is 14.7. The molecule has 4 aliphatic heterocycles. The fourth-order valence-electron chi connectivity index (χ4n) is 9.80. The summed E-state index contributed by atoms with van der Waals surface area (Å²) >= 11 is 9.66. The molecule has 1 saturated carbocycles. The van der Waals surface area contributed by atoms with Crippen LogP contribution in [0.1, 0.15) is 77.2 Å². The van der Waals surface area contributed by atoms with Crippen molar-refractivity contribution in [2.24, 2.45) is 11.8 Å². The number of ether oxygens (including phenoxy) is 5. The van der Waals surface area contributed by atoms with Gasteiger partial charge in [0.2, 0.25) is 23.6 Å². The van der Waals surface area contributed by atoms with E-state index in [2.05, 4.69) is 10.7 Å². The molecular weight excluding hydrogens is 1090 g/mol. The van der Waals surface area contributed by atoms with Crippen LogP contribution in [0.5, 0.6) is 5.75 Å². The predicted molar refractivity (Wildman–Crippen MR) is 264 cm³/mol. The van der Waals surface area contributed by atoms with Crippen molar-refractivity contribution in [3.8, 4) is 5.75 Å². The van der Waals surface area contributed by atoms with Crippen LogP contribution in [0.4, 0.5) is 23.7 Å². The number of alkyl carbamates (subject to hydrolysis) is 1. The van der Waals surface area contributed by atoms with E-state index in [4.69, 9.17) is 35.3 Å². The first-order valence-corrected chi connectivity index (χ1v) is 25.8. The number of thioether (sulfide) groups is 1. The number of anilines is 1. The standard InChI is InChI=1S/C47H63ClF3IN6O12S/c1-26-9-8-10-35(67-7)46(65)23-30(68-44(64)53-46)20-37-45(2,70-37)36(22-38(59)56(4)31-18-28(17-26)19-32(66-6)41(31)48)69-40(61)25-55(3)34(47(49,50)51)15-16-71-33-21-39(60)58(43(33)63)24-27-11-13-29(14-12-27)42(62)54-57(5)52/h8-10,18-19,27,29-30,33-37,65H,11-17,20-25H2,1-7H3,(H,53,64)(H,54,62)/b10-8+,26-9+/t27?,29?,30-,33?,34?,35-,36+,37+,45+,46+/m1/s1. The quantitative estimate of drug-likeness (QED) is 0.0514. The summed E-state index contributed by atoms with van der Waals surface area (Å²) in [6.07, 6.45) is -3.30. The predicted octanol–water partition coefficient (Wildman–Crippen LogP) is 5.65. The van der Waals surface area contributed by atoms with Gasteiger partial charge in [-0.15, -0.1) is 11.8 Å². The monoisotopic (exact) mass is 1150 g/mol. The first kappa shape index (κ1) is 56.6. The molecule has 3 N–H and O–H groups in total. The highest BCUT2D eigenvalue weighted by molar-refractivity contribution is 14.1. The Morgan fingerprint density at radius 1 is 1.11 bits per heavy atom. The number of fused-ring (bicyclic) bond motifs is 5. The highest BCUT2D eigenvalue weighted by Gasteiger charge is 2.62. The number of imide groups is 1. The van der Waals surface area contributed by atoms with Crippen LogP contribution in [0.25, 0.3) is 0 Å². The molecule has 1 aromatic carbocycles. The SMILES string of the molecule is COc1cc2cc(c1Cl)N(C)C(=O)C[C@H](OC(=O)CN(C)C(CCSC1CC(=O)N(CC3CCC(C(=O)NN(C)I)CC3)C1=O)C(F)(F)F)[C@]1(C)O[C@H]1C[C@@H]1C[C@@](O)(NC(=O)O1)[C@H](OC)/C=C/C=C(\C)C2. The minimum Gasteiger partial charge on any atom is -0.495 e. The van der Waals surface area contributed by atoms with Gasteiger partial charge in [-0.2, -0.15) is 16.4 Å². The Bertz CT molecular complexity index is 2240. The van der Waals surface area contributed by atoms with Gasteiger partial charge in [-0.25, -0.2) is 4.79 Å². The van der Waals surface area contributed by atoms with E-state index in [1.165, 1.54) is 31.1 Å². The second kappa shape index (κ2) is 23.7. The molecule has 1 aliphatic carbocycles. The molecule has 0 spiro atoms. The maximum Gasteiger partial charge on any atom is 0.409 e. The van der Waals surface area contributed by atoms with Crippen LogP contribution in [0.3, 0.4) is 0 Å². The number of aliphatic hydroxyl groups is 1. The van der Waals surface area contributed by atoms with Gasteiger partial charge in [-0.05, 0) is 88.8 Å². The maximum absolute atomic E-state index is 14.7. The molecule has 394 valence electrons. The Hall–Kier alpha value is -3.72. The number of amides is 5. The van der Waals surface area contributed by atoms with Gasteiger partial charge in [0.25, 0.3) is 0 Å². The van der Waals surface area contributed by atoms with Crippen molar-refractivity contribution in [3.63, 3.8) is 0 Å². The summed E-state index contributed by atoms with van der Waals surface area (Å²) in [5.74, 6) is -2.67. The highest BCUT2D eigenvalue weighted by Crippen LogP contribution is 2.47. The van der Waals surface area contributed by atoms with Crippen molar-refractivity contribution in [1.29, 1.82) is 0 Å². The van der Waals surface area contributed by atoms with Gasteiger partial charge in [0, 0.05) is 75.8 Å². The summed E-state index contributed by atoms with van der Waals surface area (Å²) in [4.78, 5) is 82.9. The van der Waals surface area contributed by atoms with E-state index in [9.17, 15) is 47.0 Å². The summed E-state index contributed by atoms with van der Waals surface area (Å²) in [6.45, 7) is 2.77. The molecule has 3 saturated heterocycles. The van der Waals surface area contributed by atoms with E-state index in [0.29, 0.717) is 37.7 Å². The Kier molecular flexibility index (Phi) is 18.8. The number of esters is 1. The number of nitrogens with zero attached hydrogens (tertiary/aromatic N) is 4. The van der Waals surface area contributed by atoms with Crippen molar-refractivity contribution in [2.45, 2.75) is 131 Å². The molecule has 24 heteroatoms. The molecule has 0 aromatic heterocycles. The van der Waals surface area contributed by atoms with Crippen LogP contribution >= 0.6 is 46.2 Å². The largest absolute Gasteiger partial charge is 0.495 e. The molecule has 8 atom stereocenters. The number of hydrogen-bond acceptors (Lipinski definition) is 15. The minimum absolute atomic E-state index is 0.00690. The van der Waals surface area contributed by atoms with Crippen molar-refractivity contribution in [2.75, 3.05) is 59.1 Å². The Morgan fingerprint density at radius 3 is 2.46 bits per heavy atom. The van der Waals surface area contributed by atoms with Crippen LogP contribution in [0.2, 0.25) is 5.02 Å². The number of carbonyl (C=O) groups excluding carboxylic acids is 6. The lowest BCUT2D eigenvalue weighted by atomic mass is 9.81. The number of likely N-dealkylation sites (N-methyl/N-ethyl adjacent to an activating group) is 1. The lowest BCUT2D eigenvalue weighted by Gasteiger charge is -2.40. The van der Waals surface area contributed by atoms with Crippen LogP contribution in [0.15, 0.2) is 35.9 Å². The zero-order chi connectivity index (χ0) is 52.2. The highest BCUT2D eigenvalue weighted by atomic mass is 127.